The van der Waals surface area contributed by atoms with Crippen LogP contribution in [-0.4, -0.2) is 0 Å². The third-order valence-electron chi connectivity index (χ3n) is 2.96. The minimum atomic E-state index is 0. The molecule has 0 radical (unpaired) electrons. The van der Waals surface area contributed by atoms with Crippen molar-refractivity contribution in [1.29, 1.82) is 0 Å². The first-order valence-electron chi connectivity index (χ1n) is 4.96. The van der Waals surface area contributed by atoms with Crippen LogP contribution in [0.1, 0.15) is 46.0 Å². The van der Waals surface area contributed by atoms with E-state index in [1.165, 1.54) is 19.3 Å². The van der Waals surface area contributed by atoms with Gasteiger partial charge in [-0.3, -0.25) is 0 Å². The molecule has 78 valence electrons. The van der Waals surface area contributed by atoms with Crippen LogP contribution in [-0.2, 0) is 0 Å². The highest BCUT2D eigenvalue weighted by molar-refractivity contribution is 4.86. The second-order valence-corrected chi connectivity index (χ2v) is 3.53. The predicted molar refractivity (Wildman–Crippen MR) is 62.3 cm³/mol. The smallest absolute Gasteiger partial charge is 0.0265 e. The van der Waals surface area contributed by atoms with Crippen LogP contribution in [0.3, 0.4) is 0 Å². The van der Waals surface area contributed by atoms with Crippen molar-refractivity contribution >= 4 is 0 Å². The van der Waals surface area contributed by atoms with Crippen LogP contribution in [0.2, 0.25) is 0 Å². The molecule has 1 heteroatoms. The summed E-state index contributed by atoms with van der Waals surface area (Å²) in [6.07, 6.45) is 10.1. The molecule has 0 saturated heterocycles. The van der Waals surface area contributed by atoms with E-state index in [9.17, 15) is 0 Å². The maximum Gasteiger partial charge on any atom is -0.0265 e. The SMILES string of the molecule is C=CCCC(CC)(CC)CC=C.N. The minimum absolute atomic E-state index is 0. The Bertz CT molecular complexity index is 134. The van der Waals surface area contributed by atoms with Gasteiger partial charge in [0.2, 0.25) is 0 Å². The van der Waals surface area contributed by atoms with Crippen LogP contribution in [0.5, 0.6) is 0 Å². The Hall–Kier alpha value is -0.560. The molecule has 0 bridgehead atoms. The molecule has 0 aliphatic rings. The molecular weight excluding hydrogens is 158 g/mol. The Labute approximate surface area is 83.5 Å². The molecule has 0 amide bonds. The molecule has 0 aromatic rings. The number of hydrogen-bond donors (Lipinski definition) is 1. The lowest BCUT2D eigenvalue weighted by Gasteiger charge is -2.30. The standard InChI is InChI=1S/C12H22.H3N/c1-5-9-11-12(7-3,8-4)10-6-2;/h5-6H,1-2,7-11H2,3-4H3;1H3. The van der Waals surface area contributed by atoms with E-state index in [1.807, 2.05) is 6.08 Å². The Kier molecular flexibility index (Phi) is 9.26. The van der Waals surface area contributed by atoms with Gasteiger partial charge in [-0.1, -0.05) is 38.8 Å². The summed E-state index contributed by atoms with van der Waals surface area (Å²) in [7, 11) is 0. The zero-order valence-electron chi connectivity index (χ0n) is 9.31. The Balaban J connectivity index is 0. The fourth-order valence-electron chi connectivity index (χ4n) is 1.71. The van der Waals surface area contributed by atoms with Crippen LogP contribution in [0.4, 0.5) is 0 Å². The highest BCUT2D eigenvalue weighted by Gasteiger charge is 2.22. The molecule has 0 spiro atoms. The van der Waals surface area contributed by atoms with Crippen molar-refractivity contribution in [2.75, 3.05) is 0 Å². The van der Waals surface area contributed by atoms with Gasteiger partial charge in [0.15, 0.2) is 0 Å². The second kappa shape index (κ2) is 8.06. The van der Waals surface area contributed by atoms with E-state index in [-0.39, 0.29) is 6.15 Å². The van der Waals surface area contributed by atoms with E-state index in [0.29, 0.717) is 5.41 Å². The van der Waals surface area contributed by atoms with Crippen molar-refractivity contribution in [1.82, 2.24) is 6.15 Å². The van der Waals surface area contributed by atoms with Crippen molar-refractivity contribution in [2.24, 2.45) is 5.41 Å². The molecule has 0 rings (SSSR count). The maximum atomic E-state index is 3.82. The minimum Gasteiger partial charge on any atom is -0.344 e. The lowest BCUT2D eigenvalue weighted by molar-refractivity contribution is 0.245. The summed E-state index contributed by atoms with van der Waals surface area (Å²) >= 11 is 0. The highest BCUT2D eigenvalue weighted by Crippen LogP contribution is 2.35. The molecule has 0 atom stereocenters. The Morgan fingerprint density at radius 1 is 1.08 bits per heavy atom. The van der Waals surface area contributed by atoms with Gasteiger partial charge in [-0.05, 0) is 24.7 Å². The zero-order valence-corrected chi connectivity index (χ0v) is 9.31. The van der Waals surface area contributed by atoms with Crippen molar-refractivity contribution in [3.05, 3.63) is 25.3 Å². The maximum absolute atomic E-state index is 3.82. The molecule has 0 aliphatic heterocycles. The van der Waals surface area contributed by atoms with Crippen LogP contribution in [0.25, 0.3) is 0 Å². The number of rotatable bonds is 7. The average molecular weight is 183 g/mol. The van der Waals surface area contributed by atoms with Crippen molar-refractivity contribution in [2.45, 2.75) is 46.0 Å². The summed E-state index contributed by atoms with van der Waals surface area (Å²) in [5.74, 6) is 0. The summed E-state index contributed by atoms with van der Waals surface area (Å²) in [6.45, 7) is 12.1. The van der Waals surface area contributed by atoms with E-state index >= 15 is 0 Å². The van der Waals surface area contributed by atoms with Crippen molar-refractivity contribution in [3.63, 3.8) is 0 Å². The van der Waals surface area contributed by atoms with E-state index in [1.54, 1.807) is 0 Å². The van der Waals surface area contributed by atoms with E-state index in [2.05, 4.69) is 33.1 Å². The predicted octanol–water partition coefficient (Wildman–Crippen LogP) is 4.50. The largest absolute Gasteiger partial charge is 0.344 e. The van der Waals surface area contributed by atoms with Gasteiger partial charge in [-0.25, -0.2) is 0 Å². The lowest BCUT2D eigenvalue weighted by atomic mass is 9.75. The van der Waals surface area contributed by atoms with Gasteiger partial charge in [0, 0.05) is 0 Å². The number of allylic oxidation sites excluding steroid dienone is 2. The van der Waals surface area contributed by atoms with Gasteiger partial charge >= 0.3 is 0 Å². The van der Waals surface area contributed by atoms with Crippen molar-refractivity contribution < 1.29 is 0 Å². The quantitative estimate of drug-likeness (QED) is 0.579. The third-order valence-corrected chi connectivity index (χ3v) is 2.96. The van der Waals surface area contributed by atoms with Crippen LogP contribution < -0.4 is 6.15 Å². The number of hydrogen-bond acceptors (Lipinski definition) is 1. The van der Waals surface area contributed by atoms with E-state index in [4.69, 9.17) is 0 Å². The summed E-state index contributed by atoms with van der Waals surface area (Å²) in [4.78, 5) is 0. The molecule has 0 saturated carbocycles. The Morgan fingerprint density at radius 2 is 1.62 bits per heavy atom. The summed E-state index contributed by atoms with van der Waals surface area (Å²) < 4.78 is 0. The fraction of sp³-hybridized carbons (Fsp3) is 0.667. The molecule has 0 aliphatic carbocycles. The highest BCUT2D eigenvalue weighted by atomic mass is 14.3. The molecule has 3 N–H and O–H groups in total. The summed E-state index contributed by atoms with van der Waals surface area (Å²) in [5, 5.41) is 0. The van der Waals surface area contributed by atoms with Gasteiger partial charge in [0.1, 0.15) is 0 Å². The molecular formula is C12H25N. The molecule has 13 heavy (non-hydrogen) atoms. The van der Waals surface area contributed by atoms with E-state index in [0.717, 1.165) is 12.8 Å². The first-order chi connectivity index (χ1) is 5.74. The molecule has 0 heterocycles. The second-order valence-electron chi connectivity index (χ2n) is 3.53. The van der Waals surface area contributed by atoms with E-state index < -0.39 is 0 Å². The van der Waals surface area contributed by atoms with Gasteiger partial charge in [-0.15, -0.1) is 13.2 Å². The van der Waals surface area contributed by atoms with Gasteiger partial charge in [0.05, 0.1) is 0 Å². The zero-order chi connectivity index (χ0) is 9.45. The molecule has 1 nitrogen and oxygen atoms in total. The average Bonchev–Trinajstić information content (AvgIpc) is 2.13. The monoisotopic (exact) mass is 183 g/mol. The van der Waals surface area contributed by atoms with Crippen LogP contribution >= 0.6 is 0 Å². The fourth-order valence-corrected chi connectivity index (χ4v) is 1.71. The molecule has 0 unspecified atom stereocenters. The topological polar surface area (TPSA) is 35.0 Å². The lowest BCUT2D eigenvalue weighted by Crippen LogP contribution is -2.17. The first-order valence-corrected chi connectivity index (χ1v) is 4.96. The molecule has 0 aromatic heterocycles. The van der Waals surface area contributed by atoms with Crippen LogP contribution in [0.15, 0.2) is 25.3 Å². The summed E-state index contributed by atoms with van der Waals surface area (Å²) in [6, 6.07) is 0. The summed E-state index contributed by atoms with van der Waals surface area (Å²) in [5.41, 5.74) is 0.496. The normalized spacial score (nSPS) is 10.3. The third kappa shape index (κ3) is 4.89. The molecule has 0 aromatic carbocycles. The van der Waals surface area contributed by atoms with Gasteiger partial charge < -0.3 is 6.15 Å². The first kappa shape index (κ1) is 14.9. The molecule has 0 fully saturated rings. The Morgan fingerprint density at radius 3 is 1.92 bits per heavy atom. The van der Waals surface area contributed by atoms with Gasteiger partial charge in [-0.2, -0.15) is 0 Å². The van der Waals surface area contributed by atoms with Gasteiger partial charge in [0.25, 0.3) is 0 Å². The van der Waals surface area contributed by atoms with Crippen molar-refractivity contribution in [3.8, 4) is 0 Å². The van der Waals surface area contributed by atoms with Crippen LogP contribution in [0, 0.1) is 5.41 Å².